The Hall–Kier alpha value is -2.37. The van der Waals surface area contributed by atoms with E-state index in [-0.39, 0.29) is 0 Å². The number of nitrogens with one attached hydrogen (secondary N) is 1. The van der Waals surface area contributed by atoms with Crippen LogP contribution in [0.4, 0.5) is 5.95 Å². The summed E-state index contributed by atoms with van der Waals surface area (Å²) in [5.74, 6) is 0.677. The summed E-state index contributed by atoms with van der Waals surface area (Å²) in [4.78, 5) is 8.44. The minimum Gasteiger partial charge on any atom is -0.353 e. The molecule has 0 aromatic carbocycles. The summed E-state index contributed by atoms with van der Waals surface area (Å²) in [5.41, 5.74) is 2.06. The molecule has 19 heavy (non-hydrogen) atoms. The lowest BCUT2D eigenvalue weighted by molar-refractivity contribution is 0.659. The Labute approximate surface area is 111 Å². The second kappa shape index (κ2) is 5.09. The fourth-order valence-corrected chi connectivity index (χ4v) is 1.94. The van der Waals surface area contributed by atoms with Crippen LogP contribution in [0, 0.1) is 6.92 Å². The molecule has 0 fully saturated rings. The van der Waals surface area contributed by atoms with Gasteiger partial charge in [0.25, 0.3) is 0 Å². The third kappa shape index (κ3) is 2.73. The normalized spacial score (nSPS) is 11.0. The molecule has 6 heteroatoms. The van der Waals surface area contributed by atoms with Gasteiger partial charge in [0.1, 0.15) is 0 Å². The summed E-state index contributed by atoms with van der Waals surface area (Å²) >= 11 is 0. The van der Waals surface area contributed by atoms with Crippen molar-refractivity contribution < 1.29 is 0 Å². The van der Waals surface area contributed by atoms with Gasteiger partial charge in [-0.15, -0.1) is 5.10 Å². The molecule has 3 aromatic heterocycles. The highest BCUT2D eigenvalue weighted by molar-refractivity contribution is 5.45. The maximum Gasteiger partial charge on any atom is 0.243 e. The SMILES string of the molecule is Cc1ccn2nc(NCCCn3ccnc3)nc2c1. The fraction of sp³-hybridized carbons (Fsp3) is 0.308. The summed E-state index contributed by atoms with van der Waals surface area (Å²) in [7, 11) is 0. The molecule has 3 rings (SSSR count). The number of fused-ring (bicyclic) bond motifs is 1. The Bertz CT molecular complexity index is 655. The average Bonchev–Trinajstić information content (AvgIpc) is 3.02. The first-order valence-corrected chi connectivity index (χ1v) is 6.34. The number of imidazole rings is 1. The zero-order valence-electron chi connectivity index (χ0n) is 10.8. The van der Waals surface area contributed by atoms with Gasteiger partial charge in [0.05, 0.1) is 6.33 Å². The molecule has 0 atom stereocenters. The van der Waals surface area contributed by atoms with Crippen molar-refractivity contribution in [3.63, 3.8) is 0 Å². The van der Waals surface area contributed by atoms with Gasteiger partial charge in [0.15, 0.2) is 5.65 Å². The van der Waals surface area contributed by atoms with Crippen LogP contribution in [0.15, 0.2) is 37.1 Å². The van der Waals surface area contributed by atoms with Crippen LogP contribution < -0.4 is 5.32 Å². The lowest BCUT2D eigenvalue weighted by atomic mass is 10.3. The number of pyridine rings is 1. The second-order valence-corrected chi connectivity index (χ2v) is 4.52. The molecule has 3 aromatic rings. The second-order valence-electron chi connectivity index (χ2n) is 4.52. The molecule has 3 heterocycles. The van der Waals surface area contributed by atoms with Crippen molar-refractivity contribution in [1.29, 1.82) is 0 Å². The first-order valence-electron chi connectivity index (χ1n) is 6.34. The van der Waals surface area contributed by atoms with Gasteiger partial charge in [-0.05, 0) is 31.0 Å². The minimum atomic E-state index is 0.677. The van der Waals surface area contributed by atoms with Crippen molar-refractivity contribution >= 4 is 11.6 Å². The van der Waals surface area contributed by atoms with E-state index in [1.54, 1.807) is 10.7 Å². The lowest BCUT2D eigenvalue weighted by Crippen LogP contribution is -2.06. The van der Waals surface area contributed by atoms with Crippen molar-refractivity contribution in [2.24, 2.45) is 0 Å². The molecular formula is C13H16N6. The summed E-state index contributed by atoms with van der Waals surface area (Å²) in [5, 5.41) is 7.60. The number of anilines is 1. The Balaban J connectivity index is 1.56. The van der Waals surface area contributed by atoms with E-state index >= 15 is 0 Å². The zero-order chi connectivity index (χ0) is 13.1. The monoisotopic (exact) mass is 256 g/mol. The van der Waals surface area contributed by atoms with E-state index in [1.165, 1.54) is 5.56 Å². The Morgan fingerprint density at radius 3 is 3.11 bits per heavy atom. The van der Waals surface area contributed by atoms with E-state index in [4.69, 9.17) is 0 Å². The highest BCUT2D eigenvalue weighted by Gasteiger charge is 2.02. The molecule has 0 bridgehead atoms. The van der Waals surface area contributed by atoms with Gasteiger partial charge in [0, 0.05) is 31.7 Å². The number of hydrogen-bond donors (Lipinski definition) is 1. The van der Waals surface area contributed by atoms with Crippen LogP contribution in [-0.2, 0) is 6.54 Å². The van der Waals surface area contributed by atoms with Crippen LogP contribution in [-0.4, -0.2) is 30.7 Å². The van der Waals surface area contributed by atoms with Gasteiger partial charge in [-0.3, -0.25) is 0 Å². The van der Waals surface area contributed by atoms with Crippen LogP contribution in [0.2, 0.25) is 0 Å². The molecule has 0 aliphatic heterocycles. The predicted octanol–water partition coefficient (Wildman–Crippen LogP) is 1.74. The van der Waals surface area contributed by atoms with E-state index in [1.807, 2.05) is 37.8 Å². The molecule has 0 aliphatic carbocycles. The summed E-state index contributed by atoms with van der Waals surface area (Å²) in [6.45, 7) is 3.83. The fourth-order valence-electron chi connectivity index (χ4n) is 1.94. The molecule has 0 spiro atoms. The van der Waals surface area contributed by atoms with Gasteiger partial charge in [-0.2, -0.15) is 4.98 Å². The van der Waals surface area contributed by atoms with Crippen LogP contribution in [0.3, 0.4) is 0 Å². The van der Waals surface area contributed by atoms with Gasteiger partial charge in [0.2, 0.25) is 5.95 Å². The van der Waals surface area contributed by atoms with E-state index in [0.29, 0.717) is 5.95 Å². The molecule has 0 radical (unpaired) electrons. The van der Waals surface area contributed by atoms with Crippen LogP contribution >= 0.6 is 0 Å². The first kappa shape index (κ1) is 11.7. The molecule has 0 aliphatic rings. The average molecular weight is 256 g/mol. The molecule has 0 saturated carbocycles. The molecule has 6 nitrogen and oxygen atoms in total. The minimum absolute atomic E-state index is 0.677. The van der Waals surface area contributed by atoms with Gasteiger partial charge < -0.3 is 9.88 Å². The van der Waals surface area contributed by atoms with Crippen molar-refractivity contribution in [3.8, 4) is 0 Å². The third-order valence-electron chi connectivity index (χ3n) is 2.93. The van der Waals surface area contributed by atoms with Crippen LogP contribution in [0.25, 0.3) is 5.65 Å². The molecule has 0 unspecified atom stereocenters. The highest BCUT2D eigenvalue weighted by atomic mass is 15.3. The number of aromatic nitrogens is 5. The number of aryl methyl sites for hydroxylation is 2. The van der Waals surface area contributed by atoms with Gasteiger partial charge in [-0.1, -0.05) is 0 Å². The Morgan fingerprint density at radius 1 is 1.32 bits per heavy atom. The highest BCUT2D eigenvalue weighted by Crippen LogP contribution is 2.07. The van der Waals surface area contributed by atoms with Crippen LogP contribution in [0.1, 0.15) is 12.0 Å². The third-order valence-corrected chi connectivity index (χ3v) is 2.93. The largest absolute Gasteiger partial charge is 0.353 e. The summed E-state index contributed by atoms with van der Waals surface area (Å²) in [6.07, 6.45) is 8.51. The van der Waals surface area contributed by atoms with Crippen LogP contribution in [0.5, 0.6) is 0 Å². The lowest BCUT2D eigenvalue weighted by Gasteiger charge is -2.02. The number of nitrogens with zero attached hydrogens (tertiary/aromatic N) is 5. The summed E-state index contributed by atoms with van der Waals surface area (Å²) in [6, 6.07) is 4.04. The van der Waals surface area contributed by atoms with E-state index in [0.717, 1.165) is 25.2 Å². The van der Waals surface area contributed by atoms with Crippen molar-refractivity contribution in [3.05, 3.63) is 42.6 Å². The van der Waals surface area contributed by atoms with E-state index in [2.05, 4.69) is 25.0 Å². The smallest absolute Gasteiger partial charge is 0.243 e. The molecule has 1 N–H and O–H groups in total. The van der Waals surface area contributed by atoms with Crippen molar-refractivity contribution in [2.75, 3.05) is 11.9 Å². The van der Waals surface area contributed by atoms with E-state index < -0.39 is 0 Å². The van der Waals surface area contributed by atoms with Gasteiger partial charge in [-0.25, -0.2) is 9.50 Å². The maximum atomic E-state index is 4.43. The summed E-state index contributed by atoms with van der Waals surface area (Å²) < 4.78 is 3.84. The maximum absolute atomic E-state index is 4.43. The topological polar surface area (TPSA) is 60.0 Å². The van der Waals surface area contributed by atoms with E-state index in [9.17, 15) is 0 Å². The molecule has 0 amide bonds. The Morgan fingerprint density at radius 2 is 2.26 bits per heavy atom. The van der Waals surface area contributed by atoms with Gasteiger partial charge >= 0.3 is 0 Å². The molecular weight excluding hydrogens is 240 g/mol. The zero-order valence-corrected chi connectivity index (χ0v) is 10.8. The van der Waals surface area contributed by atoms with Crippen molar-refractivity contribution in [1.82, 2.24) is 24.1 Å². The quantitative estimate of drug-likeness (QED) is 0.706. The Kier molecular flexibility index (Phi) is 3.14. The first-order chi connectivity index (χ1) is 9.31. The number of hydrogen-bond acceptors (Lipinski definition) is 4. The standard InChI is InChI=1S/C13H16N6/c1-11-3-7-19-12(9-11)16-13(17-19)15-4-2-6-18-8-5-14-10-18/h3,5,7-10H,2,4,6H2,1H3,(H,15,17). The van der Waals surface area contributed by atoms with Crippen molar-refractivity contribution in [2.45, 2.75) is 19.9 Å². The number of rotatable bonds is 5. The predicted molar refractivity (Wildman–Crippen MR) is 73.1 cm³/mol. The molecule has 0 saturated heterocycles. The molecule has 98 valence electrons.